The summed E-state index contributed by atoms with van der Waals surface area (Å²) in [5, 5.41) is 3.40. The molecule has 0 bridgehead atoms. The largest absolute Gasteiger partial charge is 0.453 e. The molecular weight excluding hydrogens is 304 g/mol. The van der Waals surface area contributed by atoms with E-state index < -0.39 is 0 Å². The van der Waals surface area contributed by atoms with Crippen molar-refractivity contribution in [2.75, 3.05) is 26.7 Å². The van der Waals surface area contributed by atoms with E-state index in [0.717, 1.165) is 22.9 Å². The van der Waals surface area contributed by atoms with Gasteiger partial charge in [0.05, 0.1) is 6.54 Å². The SMILES string of the molecule is CN(Cc1ccc(Br)o1)CC1CCNCC1.Cl. The van der Waals surface area contributed by atoms with E-state index in [1.807, 2.05) is 12.1 Å². The van der Waals surface area contributed by atoms with Gasteiger partial charge in [0.2, 0.25) is 0 Å². The van der Waals surface area contributed by atoms with Gasteiger partial charge in [0, 0.05) is 6.54 Å². The lowest BCUT2D eigenvalue weighted by Gasteiger charge is -2.26. The number of halogens is 2. The van der Waals surface area contributed by atoms with E-state index in [4.69, 9.17) is 4.42 Å². The van der Waals surface area contributed by atoms with Crippen molar-refractivity contribution < 1.29 is 4.42 Å². The number of piperidine rings is 1. The van der Waals surface area contributed by atoms with Gasteiger partial charge >= 0.3 is 0 Å². The van der Waals surface area contributed by atoms with Gasteiger partial charge in [-0.15, -0.1) is 12.4 Å². The summed E-state index contributed by atoms with van der Waals surface area (Å²) in [6, 6.07) is 3.98. The van der Waals surface area contributed by atoms with Crippen molar-refractivity contribution in [3.63, 3.8) is 0 Å². The second-order valence-electron chi connectivity index (χ2n) is 4.60. The molecular formula is C12H20BrClN2O. The normalized spacial score (nSPS) is 17.1. The fourth-order valence-corrected chi connectivity index (χ4v) is 2.61. The van der Waals surface area contributed by atoms with Crippen LogP contribution < -0.4 is 5.32 Å². The molecule has 0 atom stereocenters. The Morgan fingerprint density at radius 1 is 1.41 bits per heavy atom. The summed E-state index contributed by atoms with van der Waals surface area (Å²) >= 11 is 3.33. The molecule has 1 aliphatic heterocycles. The minimum absolute atomic E-state index is 0. The lowest BCUT2D eigenvalue weighted by molar-refractivity contribution is 0.220. The molecule has 2 rings (SSSR count). The highest BCUT2D eigenvalue weighted by atomic mass is 79.9. The van der Waals surface area contributed by atoms with Crippen molar-refractivity contribution >= 4 is 28.3 Å². The Morgan fingerprint density at radius 3 is 2.71 bits per heavy atom. The summed E-state index contributed by atoms with van der Waals surface area (Å²) in [6.07, 6.45) is 2.60. The molecule has 1 aromatic heterocycles. The van der Waals surface area contributed by atoms with Crippen LogP contribution in [0, 0.1) is 5.92 Å². The average Bonchev–Trinajstić information content (AvgIpc) is 2.65. The van der Waals surface area contributed by atoms with Gasteiger partial charge < -0.3 is 9.73 Å². The molecule has 1 fully saturated rings. The second-order valence-corrected chi connectivity index (χ2v) is 5.38. The highest BCUT2D eigenvalue weighted by Crippen LogP contribution is 2.17. The molecule has 98 valence electrons. The van der Waals surface area contributed by atoms with Gasteiger partial charge in [0.25, 0.3) is 0 Å². The van der Waals surface area contributed by atoms with Crippen LogP contribution in [0.25, 0.3) is 0 Å². The molecule has 0 saturated carbocycles. The maximum Gasteiger partial charge on any atom is 0.169 e. The number of nitrogens with zero attached hydrogens (tertiary/aromatic N) is 1. The Morgan fingerprint density at radius 2 is 2.12 bits per heavy atom. The minimum Gasteiger partial charge on any atom is -0.453 e. The van der Waals surface area contributed by atoms with Crippen molar-refractivity contribution in [1.29, 1.82) is 0 Å². The summed E-state index contributed by atoms with van der Waals surface area (Å²) in [7, 11) is 2.17. The van der Waals surface area contributed by atoms with Gasteiger partial charge in [-0.1, -0.05) is 0 Å². The third kappa shape index (κ3) is 5.00. The van der Waals surface area contributed by atoms with Crippen molar-refractivity contribution in [2.45, 2.75) is 19.4 Å². The molecule has 0 aromatic carbocycles. The molecule has 0 amide bonds. The van der Waals surface area contributed by atoms with Gasteiger partial charge in [-0.3, -0.25) is 4.90 Å². The molecule has 2 heterocycles. The zero-order chi connectivity index (χ0) is 11.4. The molecule has 0 radical (unpaired) electrons. The van der Waals surface area contributed by atoms with Crippen LogP contribution in [0.1, 0.15) is 18.6 Å². The predicted octanol–water partition coefficient (Wildman–Crippen LogP) is 2.90. The lowest BCUT2D eigenvalue weighted by atomic mass is 9.98. The molecule has 5 heteroatoms. The number of furan rings is 1. The molecule has 0 aliphatic carbocycles. The standard InChI is InChI=1S/C12H19BrN2O.ClH/c1-15(8-10-4-6-14-7-5-10)9-11-2-3-12(13)16-11;/h2-3,10,14H,4-9H2,1H3;1H. The van der Waals surface area contributed by atoms with Gasteiger partial charge in [0.15, 0.2) is 4.67 Å². The van der Waals surface area contributed by atoms with Gasteiger partial charge in [0.1, 0.15) is 5.76 Å². The monoisotopic (exact) mass is 322 g/mol. The summed E-state index contributed by atoms with van der Waals surface area (Å²) in [5.41, 5.74) is 0. The van der Waals surface area contributed by atoms with E-state index >= 15 is 0 Å². The molecule has 1 aromatic rings. The first kappa shape index (κ1) is 15.0. The second kappa shape index (κ2) is 7.41. The quantitative estimate of drug-likeness (QED) is 0.923. The molecule has 0 spiro atoms. The molecule has 1 saturated heterocycles. The van der Waals surface area contributed by atoms with Crippen molar-refractivity contribution in [3.8, 4) is 0 Å². The number of rotatable bonds is 4. The van der Waals surface area contributed by atoms with Crippen molar-refractivity contribution in [2.24, 2.45) is 5.92 Å². The van der Waals surface area contributed by atoms with Gasteiger partial charge in [-0.25, -0.2) is 0 Å². The predicted molar refractivity (Wildman–Crippen MR) is 75.6 cm³/mol. The van der Waals surface area contributed by atoms with Crippen LogP contribution >= 0.6 is 28.3 Å². The van der Waals surface area contributed by atoms with Crippen LogP contribution in [0.2, 0.25) is 0 Å². The van der Waals surface area contributed by atoms with E-state index in [0.29, 0.717) is 0 Å². The maximum absolute atomic E-state index is 5.51. The van der Waals surface area contributed by atoms with Crippen LogP contribution in [-0.4, -0.2) is 31.6 Å². The highest BCUT2D eigenvalue weighted by Gasteiger charge is 2.15. The third-order valence-electron chi connectivity index (χ3n) is 3.08. The first-order valence-corrected chi connectivity index (χ1v) is 6.67. The van der Waals surface area contributed by atoms with Crippen LogP contribution in [0.15, 0.2) is 21.2 Å². The summed E-state index contributed by atoms with van der Waals surface area (Å²) in [5.74, 6) is 1.87. The zero-order valence-corrected chi connectivity index (χ0v) is 12.5. The van der Waals surface area contributed by atoms with E-state index in [1.54, 1.807) is 0 Å². The maximum atomic E-state index is 5.51. The summed E-state index contributed by atoms with van der Waals surface area (Å²) in [6.45, 7) is 4.41. The Kier molecular flexibility index (Phi) is 6.55. The van der Waals surface area contributed by atoms with E-state index in [9.17, 15) is 0 Å². The average molecular weight is 324 g/mol. The van der Waals surface area contributed by atoms with Crippen LogP contribution in [0.4, 0.5) is 0 Å². The van der Waals surface area contributed by atoms with Gasteiger partial charge in [-0.05, 0) is 67.0 Å². The first-order chi connectivity index (χ1) is 7.74. The number of hydrogen-bond donors (Lipinski definition) is 1. The summed E-state index contributed by atoms with van der Waals surface area (Å²) in [4.78, 5) is 2.35. The molecule has 0 unspecified atom stereocenters. The molecule has 3 nitrogen and oxygen atoms in total. The van der Waals surface area contributed by atoms with Crippen LogP contribution in [0.5, 0.6) is 0 Å². The lowest BCUT2D eigenvalue weighted by Crippen LogP contribution is -2.34. The fourth-order valence-electron chi connectivity index (χ4n) is 2.27. The Bertz CT molecular complexity index is 326. The highest BCUT2D eigenvalue weighted by molar-refractivity contribution is 9.10. The van der Waals surface area contributed by atoms with E-state index in [1.165, 1.54) is 32.5 Å². The summed E-state index contributed by atoms with van der Waals surface area (Å²) < 4.78 is 6.32. The van der Waals surface area contributed by atoms with Crippen LogP contribution in [0.3, 0.4) is 0 Å². The van der Waals surface area contributed by atoms with Crippen molar-refractivity contribution in [1.82, 2.24) is 10.2 Å². The smallest absolute Gasteiger partial charge is 0.169 e. The van der Waals surface area contributed by atoms with E-state index in [-0.39, 0.29) is 12.4 Å². The fraction of sp³-hybridized carbons (Fsp3) is 0.667. The Balaban J connectivity index is 0.00000144. The topological polar surface area (TPSA) is 28.4 Å². The number of nitrogens with one attached hydrogen (secondary N) is 1. The minimum atomic E-state index is 0. The van der Waals surface area contributed by atoms with Crippen molar-refractivity contribution in [3.05, 3.63) is 22.6 Å². The molecule has 17 heavy (non-hydrogen) atoms. The first-order valence-electron chi connectivity index (χ1n) is 5.87. The third-order valence-corrected chi connectivity index (χ3v) is 3.51. The zero-order valence-electron chi connectivity index (χ0n) is 10.1. The van der Waals surface area contributed by atoms with Gasteiger partial charge in [-0.2, -0.15) is 0 Å². The van der Waals surface area contributed by atoms with Crippen LogP contribution in [-0.2, 0) is 6.54 Å². The molecule has 1 N–H and O–H groups in total. The Hall–Kier alpha value is -0.0300. The van der Waals surface area contributed by atoms with E-state index in [2.05, 4.69) is 33.2 Å². The molecule has 1 aliphatic rings. The number of hydrogen-bond acceptors (Lipinski definition) is 3. The Labute approximate surface area is 117 Å².